The Morgan fingerprint density at radius 1 is 0.882 bits per heavy atom. The van der Waals surface area contributed by atoms with Crippen LogP contribution in [0.3, 0.4) is 0 Å². The van der Waals surface area contributed by atoms with Crippen LogP contribution in [0.4, 0.5) is 0 Å². The van der Waals surface area contributed by atoms with Crippen molar-refractivity contribution in [1.29, 1.82) is 0 Å². The van der Waals surface area contributed by atoms with Crippen molar-refractivity contribution in [2.75, 3.05) is 0 Å². The van der Waals surface area contributed by atoms with Gasteiger partial charge in [-0.05, 0) is 25.7 Å². The molecule has 100 valence electrons. The van der Waals surface area contributed by atoms with Crippen LogP contribution in [0.15, 0.2) is 12.2 Å². The van der Waals surface area contributed by atoms with Crippen molar-refractivity contribution in [3.63, 3.8) is 0 Å². The van der Waals surface area contributed by atoms with Crippen LogP contribution < -0.4 is 5.73 Å². The van der Waals surface area contributed by atoms with Crippen molar-refractivity contribution < 1.29 is 4.79 Å². The van der Waals surface area contributed by atoms with Crippen LogP contribution >= 0.6 is 0 Å². The Balaban J connectivity index is 3.01. The maximum atomic E-state index is 10.5. The fourth-order valence-corrected chi connectivity index (χ4v) is 1.85. The molecule has 0 atom stereocenters. The van der Waals surface area contributed by atoms with E-state index in [4.69, 9.17) is 5.73 Å². The van der Waals surface area contributed by atoms with E-state index in [0.717, 1.165) is 12.8 Å². The molecule has 0 aliphatic heterocycles. The van der Waals surface area contributed by atoms with E-state index in [1.807, 2.05) is 0 Å². The zero-order chi connectivity index (χ0) is 12.8. The van der Waals surface area contributed by atoms with E-state index in [2.05, 4.69) is 19.1 Å². The maximum absolute atomic E-state index is 10.5. The molecular formula is C15H29NO. The van der Waals surface area contributed by atoms with Crippen LogP contribution in [0.2, 0.25) is 0 Å². The number of hydrogen-bond donors (Lipinski definition) is 1. The lowest BCUT2D eigenvalue weighted by Gasteiger charge is -2.00. The van der Waals surface area contributed by atoms with Gasteiger partial charge >= 0.3 is 0 Å². The van der Waals surface area contributed by atoms with E-state index in [0.29, 0.717) is 6.42 Å². The van der Waals surface area contributed by atoms with Crippen LogP contribution in [0.25, 0.3) is 0 Å². The summed E-state index contributed by atoms with van der Waals surface area (Å²) in [6, 6.07) is 0. The first kappa shape index (κ1) is 16.2. The molecule has 0 aromatic carbocycles. The number of hydrogen-bond acceptors (Lipinski definition) is 1. The molecule has 0 radical (unpaired) electrons. The highest BCUT2D eigenvalue weighted by Crippen LogP contribution is 2.09. The molecular weight excluding hydrogens is 210 g/mol. The van der Waals surface area contributed by atoms with Gasteiger partial charge in [-0.25, -0.2) is 0 Å². The molecule has 2 nitrogen and oxygen atoms in total. The third-order valence-electron chi connectivity index (χ3n) is 2.92. The highest BCUT2D eigenvalue weighted by atomic mass is 16.1. The summed E-state index contributed by atoms with van der Waals surface area (Å²) in [4.78, 5) is 10.5. The Morgan fingerprint density at radius 2 is 1.41 bits per heavy atom. The Bertz CT molecular complexity index is 199. The molecule has 0 fully saturated rings. The van der Waals surface area contributed by atoms with Gasteiger partial charge in [0.15, 0.2) is 0 Å². The van der Waals surface area contributed by atoms with Crippen molar-refractivity contribution in [3.05, 3.63) is 12.2 Å². The normalized spacial score (nSPS) is 11.1. The average molecular weight is 239 g/mol. The molecule has 0 unspecified atom stereocenters. The minimum absolute atomic E-state index is 0.163. The van der Waals surface area contributed by atoms with Gasteiger partial charge in [-0.3, -0.25) is 4.79 Å². The lowest BCUT2D eigenvalue weighted by Crippen LogP contribution is -2.09. The highest BCUT2D eigenvalue weighted by molar-refractivity contribution is 5.73. The minimum atomic E-state index is -0.163. The third-order valence-corrected chi connectivity index (χ3v) is 2.92. The smallest absolute Gasteiger partial charge is 0.217 e. The van der Waals surface area contributed by atoms with Gasteiger partial charge in [0.05, 0.1) is 0 Å². The lowest BCUT2D eigenvalue weighted by atomic mass is 10.1. The number of rotatable bonds is 12. The van der Waals surface area contributed by atoms with Crippen molar-refractivity contribution in [2.45, 2.75) is 77.6 Å². The minimum Gasteiger partial charge on any atom is -0.370 e. The Hall–Kier alpha value is -0.790. The molecule has 2 N–H and O–H groups in total. The quantitative estimate of drug-likeness (QED) is 0.399. The number of unbranched alkanes of at least 4 members (excludes halogenated alkanes) is 8. The Labute approximate surface area is 107 Å². The summed E-state index contributed by atoms with van der Waals surface area (Å²) in [6.45, 7) is 2.21. The van der Waals surface area contributed by atoms with E-state index in [-0.39, 0.29) is 5.91 Å². The molecule has 0 aromatic heterocycles. The second-order valence-electron chi connectivity index (χ2n) is 4.74. The van der Waals surface area contributed by atoms with E-state index >= 15 is 0 Å². The zero-order valence-corrected chi connectivity index (χ0v) is 11.4. The molecule has 0 rings (SSSR count). The van der Waals surface area contributed by atoms with Gasteiger partial charge in [0.2, 0.25) is 5.91 Å². The molecule has 2 heteroatoms. The lowest BCUT2D eigenvalue weighted by molar-refractivity contribution is -0.118. The summed E-state index contributed by atoms with van der Waals surface area (Å²) in [7, 11) is 0. The molecule has 0 aliphatic carbocycles. The zero-order valence-electron chi connectivity index (χ0n) is 11.4. The van der Waals surface area contributed by atoms with Crippen LogP contribution in [-0.2, 0) is 4.79 Å². The number of carbonyl (C=O) groups excluding carboxylic acids is 1. The Morgan fingerprint density at radius 3 is 2.00 bits per heavy atom. The Kier molecular flexibility index (Phi) is 12.7. The molecule has 1 amide bonds. The first-order valence-electron chi connectivity index (χ1n) is 7.20. The fraction of sp³-hybridized carbons (Fsp3) is 0.800. The van der Waals surface area contributed by atoms with Crippen molar-refractivity contribution in [3.8, 4) is 0 Å². The van der Waals surface area contributed by atoms with Gasteiger partial charge in [0.25, 0.3) is 0 Å². The van der Waals surface area contributed by atoms with Crippen molar-refractivity contribution >= 4 is 5.91 Å². The van der Waals surface area contributed by atoms with E-state index < -0.39 is 0 Å². The summed E-state index contributed by atoms with van der Waals surface area (Å²) in [5.41, 5.74) is 5.08. The highest BCUT2D eigenvalue weighted by Gasteiger charge is 1.94. The van der Waals surface area contributed by atoms with Gasteiger partial charge < -0.3 is 5.73 Å². The molecule has 0 bridgehead atoms. The molecule has 0 saturated heterocycles. The van der Waals surface area contributed by atoms with Crippen LogP contribution in [0, 0.1) is 0 Å². The van der Waals surface area contributed by atoms with E-state index in [1.54, 1.807) is 0 Å². The summed E-state index contributed by atoms with van der Waals surface area (Å²) in [5.74, 6) is -0.163. The van der Waals surface area contributed by atoms with Gasteiger partial charge in [-0.2, -0.15) is 0 Å². The number of amides is 1. The van der Waals surface area contributed by atoms with E-state index in [9.17, 15) is 4.79 Å². The molecule has 0 aliphatic rings. The maximum Gasteiger partial charge on any atom is 0.217 e. The van der Waals surface area contributed by atoms with E-state index in [1.165, 1.54) is 51.4 Å². The predicted molar refractivity (Wildman–Crippen MR) is 74.8 cm³/mol. The first-order chi connectivity index (χ1) is 8.27. The SMILES string of the molecule is CCC/C=C/CCCCCCCCCC(N)=O. The molecule has 0 aromatic rings. The first-order valence-corrected chi connectivity index (χ1v) is 7.20. The summed E-state index contributed by atoms with van der Waals surface area (Å²) < 4.78 is 0. The molecule has 0 saturated carbocycles. The average Bonchev–Trinajstić information content (AvgIpc) is 2.30. The molecule has 0 heterocycles. The number of nitrogens with two attached hydrogens (primary N) is 1. The van der Waals surface area contributed by atoms with Gasteiger partial charge in [0.1, 0.15) is 0 Å². The monoisotopic (exact) mass is 239 g/mol. The second kappa shape index (κ2) is 13.3. The summed E-state index contributed by atoms with van der Waals surface area (Å²) in [5, 5.41) is 0. The molecule has 17 heavy (non-hydrogen) atoms. The van der Waals surface area contributed by atoms with Gasteiger partial charge in [-0.1, -0.05) is 57.6 Å². The summed E-state index contributed by atoms with van der Waals surface area (Å²) >= 11 is 0. The van der Waals surface area contributed by atoms with Gasteiger partial charge in [0, 0.05) is 6.42 Å². The van der Waals surface area contributed by atoms with Crippen LogP contribution in [0.1, 0.15) is 77.6 Å². The largest absolute Gasteiger partial charge is 0.370 e. The number of primary amides is 1. The number of allylic oxidation sites excluding steroid dienone is 2. The molecule has 0 spiro atoms. The topological polar surface area (TPSA) is 43.1 Å². The number of carbonyl (C=O) groups is 1. The van der Waals surface area contributed by atoms with Crippen LogP contribution in [0.5, 0.6) is 0 Å². The van der Waals surface area contributed by atoms with Crippen molar-refractivity contribution in [2.24, 2.45) is 5.73 Å². The van der Waals surface area contributed by atoms with Crippen molar-refractivity contribution in [1.82, 2.24) is 0 Å². The third kappa shape index (κ3) is 15.2. The standard InChI is InChI=1S/C15H29NO/c1-2-3-4-5-6-7-8-9-10-11-12-13-14-15(16)17/h4-5H,2-3,6-14H2,1H3,(H2,16,17)/b5-4+. The predicted octanol–water partition coefficient (Wildman–Crippen LogP) is 4.34. The fourth-order valence-electron chi connectivity index (χ4n) is 1.85. The van der Waals surface area contributed by atoms with Gasteiger partial charge in [-0.15, -0.1) is 0 Å². The second-order valence-corrected chi connectivity index (χ2v) is 4.74. The summed E-state index contributed by atoms with van der Waals surface area (Å²) in [6.07, 6.45) is 17.5. The van der Waals surface area contributed by atoms with Crippen LogP contribution in [-0.4, -0.2) is 5.91 Å².